The number of H-pyrrole nitrogens is 2. The second kappa shape index (κ2) is 5.55. The Balaban J connectivity index is 2.02. The second-order valence-corrected chi connectivity index (χ2v) is 7.86. The lowest BCUT2D eigenvalue weighted by Gasteiger charge is -2.10. The van der Waals surface area contributed by atoms with Crippen LogP contribution < -0.4 is 10.9 Å². The fourth-order valence-corrected chi connectivity index (χ4v) is 4.37. The summed E-state index contributed by atoms with van der Waals surface area (Å²) in [6, 6.07) is 11.6. The molecule has 0 saturated carbocycles. The molecule has 0 spiro atoms. The summed E-state index contributed by atoms with van der Waals surface area (Å²) in [4.78, 5) is 33.1. The van der Waals surface area contributed by atoms with Crippen molar-refractivity contribution in [2.45, 2.75) is 27.7 Å². The zero-order valence-corrected chi connectivity index (χ0v) is 16.3. The Labute approximate surface area is 160 Å². The molecule has 2 aromatic heterocycles. The Bertz CT molecular complexity index is 1470. The number of hydrogen-bond acceptors (Lipinski definition) is 2. The summed E-state index contributed by atoms with van der Waals surface area (Å²) in [6.45, 7) is 7.96. The van der Waals surface area contributed by atoms with Gasteiger partial charge in [-0.2, -0.15) is 0 Å². The Morgan fingerprint density at radius 1 is 0.536 bits per heavy atom. The average molecular weight is 368 g/mol. The quantitative estimate of drug-likeness (QED) is 0.381. The molecule has 0 radical (unpaired) electrons. The maximum atomic E-state index is 13.2. The maximum Gasteiger partial charge on any atom is 0.197 e. The van der Waals surface area contributed by atoms with E-state index in [0.29, 0.717) is 32.6 Å². The Hall–Kier alpha value is -3.40. The molecule has 0 saturated heterocycles. The van der Waals surface area contributed by atoms with Crippen LogP contribution in [0.3, 0.4) is 0 Å². The number of aromatic nitrogens is 2. The van der Waals surface area contributed by atoms with Crippen molar-refractivity contribution in [3.05, 3.63) is 79.1 Å². The highest BCUT2D eigenvalue weighted by molar-refractivity contribution is 6.03. The van der Waals surface area contributed by atoms with Gasteiger partial charge in [0.1, 0.15) is 0 Å². The van der Waals surface area contributed by atoms with Crippen LogP contribution in [0.5, 0.6) is 0 Å². The SMILES string of the molecule is Cc1cc(C)c2[nH]c3cc4c(=O)c5cc(C)cc(C)c5[nH]c4cc3c(=O)c2c1. The predicted octanol–water partition coefficient (Wildman–Crippen LogP) is 4.91. The van der Waals surface area contributed by atoms with Crippen LogP contribution in [-0.4, -0.2) is 9.97 Å². The van der Waals surface area contributed by atoms with Crippen molar-refractivity contribution in [2.24, 2.45) is 0 Å². The predicted molar refractivity (Wildman–Crippen MR) is 117 cm³/mol. The fourth-order valence-electron chi connectivity index (χ4n) is 4.37. The summed E-state index contributed by atoms with van der Waals surface area (Å²) in [5.74, 6) is 0. The van der Waals surface area contributed by atoms with E-state index >= 15 is 0 Å². The third kappa shape index (κ3) is 2.24. The van der Waals surface area contributed by atoms with E-state index in [-0.39, 0.29) is 10.9 Å². The standard InChI is InChI=1S/C24H20N2O2/c1-11-5-13(3)21-17(7-11)23(27)15-9-20-16(10-19(15)25-21)24(28)18-8-12(2)6-14(4)22(18)26-20/h5-10H,1-4H3,(H,25,27)(H,26,28). The minimum atomic E-state index is -0.0148. The number of benzene rings is 3. The van der Waals surface area contributed by atoms with E-state index in [0.717, 1.165) is 33.3 Å². The van der Waals surface area contributed by atoms with Crippen molar-refractivity contribution in [2.75, 3.05) is 0 Å². The number of rotatable bonds is 0. The smallest absolute Gasteiger partial charge is 0.197 e. The van der Waals surface area contributed by atoms with Gasteiger partial charge >= 0.3 is 0 Å². The van der Waals surface area contributed by atoms with E-state index in [2.05, 4.69) is 22.1 Å². The van der Waals surface area contributed by atoms with Crippen molar-refractivity contribution in [3.8, 4) is 0 Å². The highest BCUT2D eigenvalue weighted by Crippen LogP contribution is 2.25. The Morgan fingerprint density at radius 2 is 0.929 bits per heavy atom. The van der Waals surface area contributed by atoms with Gasteiger partial charge in [0, 0.05) is 21.5 Å². The Kier molecular flexibility index (Phi) is 3.32. The minimum Gasteiger partial charge on any atom is -0.354 e. The van der Waals surface area contributed by atoms with Crippen molar-refractivity contribution in [3.63, 3.8) is 0 Å². The first kappa shape index (κ1) is 16.8. The lowest BCUT2D eigenvalue weighted by Crippen LogP contribution is -2.09. The summed E-state index contributed by atoms with van der Waals surface area (Å²) < 4.78 is 0. The molecule has 2 N–H and O–H groups in total. The lowest BCUT2D eigenvalue weighted by molar-refractivity contribution is 1.36. The van der Waals surface area contributed by atoms with Gasteiger partial charge in [0.2, 0.25) is 0 Å². The number of aryl methyl sites for hydroxylation is 4. The summed E-state index contributed by atoms with van der Waals surface area (Å²) in [6.07, 6.45) is 0. The number of hydrogen-bond donors (Lipinski definition) is 2. The molecule has 0 aliphatic heterocycles. The van der Waals surface area contributed by atoms with Gasteiger partial charge in [-0.3, -0.25) is 9.59 Å². The molecule has 0 aliphatic rings. The number of nitrogens with one attached hydrogen (secondary N) is 2. The van der Waals surface area contributed by atoms with Crippen molar-refractivity contribution >= 4 is 43.6 Å². The van der Waals surface area contributed by atoms with Crippen LogP contribution in [0.25, 0.3) is 43.6 Å². The Morgan fingerprint density at radius 3 is 1.32 bits per heavy atom. The molecule has 0 aliphatic carbocycles. The third-order valence-corrected chi connectivity index (χ3v) is 5.62. The van der Waals surface area contributed by atoms with E-state index < -0.39 is 0 Å². The molecule has 4 nitrogen and oxygen atoms in total. The van der Waals surface area contributed by atoms with Crippen LogP contribution in [0.4, 0.5) is 0 Å². The van der Waals surface area contributed by atoms with Crippen LogP contribution in [0.15, 0.2) is 46.0 Å². The zero-order chi connectivity index (χ0) is 19.7. The molecule has 3 aromatic carbocycles. The molecule has 0 fully saturated rings. The highest BCUT2D eigenvalue weighted by atomic mass is 16.1. The highest BCUT2D eigenvalue weighted by Gasteiger charge is 2.13. The molecule has 5 rings (SSSR count). The van der Waals surface area contributed by atoms with E-state index in [1.54, 1.807) is 12.1 Å². The summed E-state index contributed by atoms with van der Waals surface area (Å²) in [7, 11) is 0. The van der Waals surface area contributed by atoms with Crippen LogP contribution in [0, 0.1) is 27.7 Å². The summed E-state index contributed by atoms with van der Waals surface area (Å²) in [5.41, 5.74) is 7.15. The van der Waals surface area contributed by atoms with Gasteiger partial charge in [-0.05, 0) is 74.2 Å². The summed E-state index contributed by atoms with van der Waals surface area (Å²) in [5, 5.41) is 2.54. The van der Waals surface area contributed by atoms with Crippen molar-refractivity contribution in [1.29, 1.82) is 0 Å². The van der Waals surface area contributed by atoms with Crippen LogP contribution >= 0.6 is 0 Å². The third-order valence-electron chi connectivity index (χ3n) is 5.62. The van der Waals surface area contributed by atoms with Gasteiger partial charge in [-0.1, -0.05) is 12.1 Å². The molecule has 0 bridgehead atoms. The average Bonchev–Trinajstić information content (AvgIpc) is 2.63. The molecular formula is C24H20N2O2. The first-order valence-corrected chi connectivity index (χ1v) is 9.37. The molecule has 0 amide bonds. The van der Waals surface area contributed by atoms with Gasteiger partial charge in [0.15, 0.2) is 10.9 Å². The van der Waals surface area contributed by atoms with E-state index in [4.69, 9.17) is 0 Å². The zero-order valence-electron chi connectivity index (χ0n) is 16.3. The second-order valence-electron chi connectivity index (χ2n) is 7.86. The normalized spacial score (nSPS) is 11.9. The van der Waals surface area contributed by atoms with E-state index in [1.807, 2.05) is 39.8 Å². The number of fused-ring (bicyclic) bond motifs is 4. The number of aromatic amines is 2. The summed E-state index contributed by atoms with van der Waals surface area (Å²) >= 11 is 0. The molecule has 0 atom stereocenters. The largest absolute Gasteiger partial charge is 0.354 e. The maximum absolute atomic E-state index is 13.2. The molecular weight excluding hydrogens is 348 g/mol. The first-order chi connectivity index (χ1) is 13.3. The molecule has 2 heterocycles. The monoisotopic (exact) mass is 368 g/mol. The topological polar surface area (TPSA) is 65.7 Å². The van der Waals surface area contributed by atoms with Crippen molar-refractivity contribution in [1.82, 2.24) is 9.97 Å². The lowest BCUT2D eigenvalue weighted by atomic mass is 10.0. The first-order valence-electron chi connectivity index (χ1n) is 9.37. The van der Waals surface area contributed by atoms with Crippen LogP contribution in [0.2, 0.25) is 0 Å². The minimum absolute atomic E-state index is 0.0148. The van der Waals surface area contributed by atoms with Gasteiger partial charge < -0.3 is 9.97 Å². The van der Waals surface area contributed by atoms with Crippen LogP contribution in [0.1, 0.15) is 22.3 Å². The van der Waals surface area contributed by atoms with Gasteiger partial charge in [-0.25, -0.2) is 0 Å². The fraction of sp³-hybridized carbons (Fsp3) is 0.167. The molecule has 5 aromatic rings. The van der Waals surface area contributed by atoms with Crippen LogP contribution in [-0.2, 0) is 0 Å². The van der Waals surface area contributed by atoms with E-state index in [1.165, 1.54) is 0 Å². The van der Waals surface area contributed by atoms with Gasteiger partial charge in [0.25, 0.3) is 0 Å². The van der Waals surface area contributed by atoms with E-state index in [9.17, 15) is 9.59 Å². The number of pyridine rings is 2. The van der Waals surface area contributed by atoms with Crippen molar-refractivity contribution < 1.29 is 0 Å². The van der Waals surface area contributed by atoms with Gasteiger partial charge in [0.05, 0.1) is 22.1 Å². The molecule has 28 heavy (non-hydrogen) atoms. The molecule has 0 unspecified atom stereocenters. The molecule has 4 heteroatoms. The molecule has 138 valence electrons. The van der Waals surface area contributed by atoms with Gasteiger partial charge in [-0.15, -0.1) is 0 Å².